The molecule has 1 atom stereocenters. The van der Waals surface area contributed by atoms with E-state index in [1.54, 1.807) is 51.3 Å². The zero-order valence-electron chi connectivity index (χ0n) is 20.8. The van der Waals surface area contributed by atoms with E-state index in [9.17, 15) is 14.7 Å². The van der Waals surface area contributed by atoms with Crippen LogP contribution in [0.3, 0.4) is 0 Å². The van der Waals surface area contributed by atoms with E-state index in [1.807, 2.05) is 36.4 Å². The third-order valence-electron chi connectivity index (χ3n) is 5.89. The van der Waals surface area contributed by atoms with Crippen molar-refractivity contribution in [2.75, 3.05) is 6.61 Å². The fraction of sp³-hybridized carbons (Fsp3) is 0.357. The largest absolute Gasteiger partial charge is 0.493 e. The number of para-hydroxylation sites is 1. The molecule has 1 unspecified atom stereocenters. The summed E-state index contributed by atoms with van der Waals surface area (Å²) in [5.74, 6) is 0.310. The van der Waals surface area contributed by atoms with Crippen LogP contribution in [0.25, 0.3) is 5.69 Å². The zero-order valence-corrected chi connectivity index (χ0v) is 20.8. The summed E-state index contributed by atoms with van der Waals surface area (Å²) in [6.07, 6.45) is 0.392. The van der Waals surface area contributed by atoms with E-state index in [1.165, 1.54) is 0 Å². The van der Waals surface area contributed by atoms with E-state index in [0.717, 1.165) is 24.2 Å². The topological polar surface area (TPSA) is 87.0 Å². The van der Waals surface area contributed by atoms with Gasteiger partial charge in [0.2, 0.25) is 5.43 Å². The van der Waals surface area contributed by atoms with Gasteiger partial charge in [-0.05, 0) is 83.4 Å². The highest BCUT2D eigenvalue weighted by molar-refractivity contribution is 5.75. The lowest BCUT2D eigenvalue weighted by Gasteiger charge is -2.30. The van der Waals surface area contributed by atoms with Crippen molar-refractivity contribution in [2.24, 2.45) is 0 Å². The minimum Gasteiger partial charge on any atom is -0.493 e. The molecule has 2 aromatic carbocycles. The SMILES string of the molecule is Cc1c(C(OC(C)(C)C)C(=O)O)n(-c2ccc3c(c2)CCCO3)c(C)c(Oc2ccccc2)c1=O. The molecule has 3 aromatic rings. The summed E-state index contributed by atoms with van der Waals surface area (Å²) in [6, 6.07) is 14.8. The number of fused-ring (bicyclic) bond motifs is 1. The summed E-state index contributed by atoms with van der Waals surface area (Å²) in [4.78, 5) is 26.0. The summed E-state index contributed by atoms with van der Waals surface area (Å²) in [6.45, 7) is 9.41. The van der Waals surface area contributed by atoms with Gasteiger partial charge in [0, 0.05) is 11.3 Å². The van der Waals surface area contributed by atoms with Gasteiger partial charge in [0.25, 0.3) is 0 Å². The first-order valence-corrected chi connectivity index (χ1v) is 11.7. The van der Waals surface area contributed by atoms with Crippen LogP contribution in [0.15, 0.2) is 53.3 Å². The Kier molecular flexibility index (Phi) is 6.72. The molecule has 7 nitrogen and oxygen atoms in total. The number of benzene rings is 2. The van der Waals surface area contributed by atoms with Crippen molar-refractivity contribution in [1.29, 1.82) is 0 Å². The van der Waals surface area contributed by atoms with Gasteiger partial charge < -0.3 is 23.9 Å². The first-order chi connectivity index (χ1) is 16.6. The van der Waals surface area contributed by atoms with Crippen molar-refractivity contribution in [3.63, 3.8) is 0 Å². The van der Waals surface area contributed by atoms with Crippen LogP contribution in [0.2, 0.25) is 0 Å². The van der Waals surface area contributed by atoms with Crippen LogP contribution in [0.1, 0.15) is 55.8 Å². The van der Waals surface area contributed by atoms with Crippen LogP contribution in [-0.2, 0) is 16.0 Å². The first kappa shape index (κ1) is 24.5. The molecule has 0 fully saturated rings. The molecule has 2 heterocycles. The molecule has 184 valence electrons. The van der Waals surface area contributed by atoms with Crippen molar-refractivity contribution < 1.29 is 24.1 Å². The number of aromatic nitrogens is 1. The number of carboxylic acid groups (broad SMARTS) is 1. The Bertz CT molecular complexity index is 1300. The molecular formula is C28H31NO6. The summed E-state index contributed by atoms with van der Waals surface area (Å²) in [5.41, 5.74) is 1.63. The van der Waals surface area contributed by atoms with E-state index in [4.69, 9.17) is 14.2 Å². The van der Waals surface area contributed by atoms with Crippen LogP contribution in [-0.4, -0.2) is 27.9 Å². The fourth-order valence-electron chi connectivity index (χ4n) is 4.34. The van der Waals surface area contributed by atoms with Gasteiger partial charge in [-0.3, -0.25) is 4.79 Å². The number of aryl methyl sites for hydroxylation is 1. The molecule has 0 bridgehead atoms. The lowest BCUT2D eigenvalue weighted by molar-refractivity contribution is -0.161. The Morgan fingerprint density at radius 1 is 1.11 bits per heavy atom. The minimum absolute atomic E-state index is 0.145. The van der Waals surface area contributed by atoms with Crippen LogP contribution in [0.5, 0.6) is 17.2 Å². The van der Waals surface area contributed by atoms with Crippen molar-refractivity contribution >= 4 is 5.97 Å². The van der Waals surface area contributed by atoms with Gasteiger partial charge in [-0.2, -0.15) is 0 Å². The summed E-state index contributed by atoms with van der Waals surface area (Å²) < 4.78 is 19.6. The van der Waals surface area contributed by atoms with Crippen LogP contribution in [0, 0.1) is 13.8 Å². The Morgan fingerprint density at radius 2 is 1.83 bits per heavy atom. The molecule has 0 spiro atoms. The number of carbonyl (C=O) groups is 1. The average Bonchev–Trinajstić information content (AvgIpc) is 2.82. The molecule has 0 saturated heterocycles. The smallest absolute Gasteiger partial charge is 0.339 e. The number of ether oxygens (including phenoxy) is 3. The molecule has 0 amide bonds. The van der Waals surface area contributed by atoms with Gasteiger partial charge >= 0.3 is 5.97 Å². The van der Waals surface area contributed by atoms with Crippen LogP contribution >= 0.6 is 0 Å². The summed E-state index contributed by atoms with van der Waals surface area (Å²) >= 11 is 0. The second kappa shape index (κ2) is 9.58. The predicted molar refractivity (Wildman–Crippen MR) is 133 cm³/mol. The van der Waals surface area contributed by atoms with Crippen molar-refractivity contribution in [3.8, 4) is 22.9 Å². The highest BCUT2D eigenvalue weighted by atomic mass is 16.5. The fourth-order valence-corrected chi connectivity index (χ4v) is 4.34. The minimum atomic E-state index is -1.36. The lowest BCUT2D eigenvalue weighted by Crippen LogP contribution is -2.32. The van der Waals surface area contributed by atoms with Crippen LogP contribution < -0.4 is 14.9 Å². The summed E-state index contributed by atoms with van der Waals surface area (Å²) in [7, 11) is 0. The highest BCUT2D eigenvalue weighted by Gasteiger charge is 2.34. The molecule has 35 heavy (non-hydrogen) atoms. The molecule has 1 aromatic heterocycles. The van der Waals surface area contributed by atoms with Crippen molar-refractivity contribution in [3.05, 3.63) is 81.3 Å². The second-order valence-electron chi connectivity index (χ2n) is 9.70. The van der Waals surface area contributed by atoms with Gasteiger partial charge in [-0.15, -0.1) is 0 Å². The molecule has 0 saturated carbocycles. The lowest BCUT2D eigenvalue weighted by atomic mass is 10.0. The van der Waals surface area contributed by atoms with Crippen molar-refractivity contribution in [1.82, 2.24) is 4.57 Å². The third-order valence-corrected chi connectivity index (χ3v) is 5.89. The van der Waals surface area contributed by atoms with Gasteiger partial charge in [0.15, 0.2) is 11.9 Å². The number of pyridine rings is 1. The Hall–Kier alpha value is -3.58. The zero-order chi connectivity index (χ0) is 25.3. The molecule has 1 aliphatic rings. The second-order valence-corrected chi connectivity index (χ2v) is 9.70. The van der Waals surface area contributed by atoms with Crippen molar-refractivity contribution in [2.45, 2.75) is 59.2 Å². The van der Waals surface area contributed by atoms with E-state index in [-0.39, 0.29) is 22.4 Å². The number of hydrogen-bond acceptors (Lipinski definition) is 5. The van der Waals surface area contributed by atoms with Gasteiger partial charge in [0.1, 0.15) is 11.5 Å². The Balaban J connectivity index is 2.00. The Morgan fingerprint density at radius 3 is 2.49 bits per heavy atom. The van der Waals surface area contributed by atoms with Gasteiger partial charge in [-0.25, -0.2) is 4.79 Å². The quantitative estimate of drug-likeness (QED) is 0.504. The number of nitrogens with zero attached hydrogens (tertiary/aromatic N) is 1. The molecule has 7 heteroatoms. The molecule has 0 aliphatic carbocycles. The number of rotatable bonds is 6. The van der Waals surface area contributed by atoms with E-state index < -0.39 is 17.7 Å². The number of aliphatic carboxylic acids is 1. The molecule has 1 N–H and O–H groups in total. The molecule has 1 aliphatic heterocycles. The Labute approximate surface area is 204 Å². The standard InChI is InChI=1S/C28H31NO6/c1-17-23(26(27(31)32)35-28(3,4)5)29(20-13-14-22-19(16-20)10-9-15-33-22)18(2)25(24(17)30)34-21-11-7-6-8-12-21/h6-8,11-14,16,26H,9-10,15H2,1-5H3,(H,31,32). The third kappa shape index (κ3) is 5.10. The molecular weight excluding hydrogens is 446 g/mol. The van der Waals surface area contributed by atoms with E-state index in [2.05, 4.69) is 0 Å². The summed E-state index contributed by atoms with van der Waals surface area (Å²) in [5, 5.41) is 10.2. The normalized spacial score (nSPS) is 14.1. The highest BCUT2D eigenvalue weighted by Crippen LogP contribution is 2.35. The maximum absolute atomic E-state index is 13.5. The first-order valence-electron chi connectivity index (χ1n) is 11.7. The number of hydrogen-bond donors (Lipinski definition) is 1. The maximum Gasteiger partial charge on any atom is 0.339 e. The molecule has 0 radical (unpaired) electrons. The monoisotopic (exact) mass is 477 g/mol. The number of carboxylic acids is 1. The van der Waals surface area contributed by atoms with E-state index in [0.29, 0.717) is 23.7 Å². The van der Waals surface area contributed by atoms with E-state index >= 15 is 0 Å². The molecule has 4 rings (SSSR count). The maximum atomic E-state index is 13.5. The van der Waals surface area contributed by atoms with Gasteiger partial charge in [0.05, 0.1) is 23.6 Å². The average molecular weight is 478 g/mol. The van der Waals surface area contributed by atoms with Gasteiger partial charge in [-0.1, -0.05) is 18.2 Å². The van der Waals surface area contributed by atoms with Crippen LogP contribution in [0.4, 0.5) is 0 Å². The predicted octanol–water partition coefficient (Wildman–Crippen LogP) is 5.51.